The fourth-order valence-corrected chi connectivity index (χ4v) is 28.2. The molecule has 12 nitrogen and oxygen atoms in total. The molecule has 0 aliphatic rings. The smallest absolute Gasteiger partial charge is 0 e. The van der Waals surface area contributed by atoms with Crippen molar-refractivity contribution in [1.82, 2.24) is 38.2 Å². The van der Waals surface area contributed by atoms with E-state index in [2.05, 4.69) is 130 Å². The number of nitrogens with zero attached hydrogens (tertiary/aromatic N) is 8. The Hall–Kier alpha value is -3.89. The van der Waals surface area contributed by atoms with E-state index >= 15 is 0 Å². The quantitative estimate of drug-likeness (QED) is 0.0284. The van der Waals surface area contributed by atoms with E-state index in [1.807, 2.05) is 21.3 Å². The second-order valence-corrected chi connectivity index (χ2v) is 48.0. The normalized spacial score (nSPS) is 11.7. The minimum Gasteiger partial charge on any atom is 0 e. The molecule has 0 saturated carbocycles. The molecule has 436 valence electrons. The largest absolute Gasteiger partial charge is 0 e. The number of ketones is 2. The van der Waals surface area contributed by atoms with Crippen molar-refractivity contribution in [2.45, 2.75) is 206 Å². The number of carbonyl (C=O) groups excluding carboxylic acids is 2. The van der Waals surface area contributed by atoms with Crippen LogP contribution in [0.3, 0.4) is 0 Å². The Morgan fingerprint density at radius 3 is 1.44 bits per heavy atom. The Morgan fingerprint density at radius 2 is 1.03 bits per heavy atom. The Morgan fingerprint density at radius 1 is 0.628 bits per heavy atom. The molecule has 0 fully saturated rings. The molecule has 0 radical (unpaired) electrons. The average molecular weight is 1290 g/mol. The number of benzene rings is 2. The first-order valence-corrected chi connectivity index (χ1v) is 43.2. The summed E-state index contributed by atoms with van der Waals surface area (Å²) in [6, 6.07) is 16.0. The Labute approximate surface area is 484 Å². The second kappa shape index (κ2) is 33.1. The van der Waals surface area contributed by atoms with Crippen LogP contribution in [0, 0.1) is 11.6 Å². The van der Waals surface area contributed by atoms with Gasteiger partial charge in [0.15, 0.2) is 22.1 Å². The number of hydrogen-bond acceptors (Lipinski definition) is 8. The van der Waals surface area contributed by atoms with Gasteiger partial charge in [-0.25, -0.2) is 19.3 Å². The van der Waals surface area contributed by atoms with Crippen LogP contribution in [-0.4, -0.2) is 97.5 Å². The molecule has 0 aliphatic carbocycles. The van der Waals surface area contributed by atoms with Crippen molar-refractivity contribution in [3.8, 4) is 34.0 Å². The van der Waals surface area contributed by atoms with Crippen LogP contribution in [0.4, 0.5) is 8.78 Å². The number of Topliss-reactive ketones (excluding diaryl/α,β-unsaturated/α-hetero) is 2. The zero-order valence-corrected chi connectivity index (χ0v) is 55.0. The SMILES string of the molecule is C.C.CC(=O)c1cn(COCC[Si](C)(C)C)c(-c2c(-c3ccc(F)cc3)ncn2C(C)C)n1.CC(=O)c1cn(COCC[Si](C)(C)C)c(Br)n1.CCC[CH2][Sn]([CH2]CCC)([CH2]CCC)[c]1c(-c2ccc(F)cc2)ncn1C(C)C.[2HH]. The first-order valence-electron chi connectivity index (χ1n) is 27.5. The standard InChI is InChI=1S/C23H31FN4O2Si.C12H12FN2.C11H19BrN2O2Si.3C4H9.2CH4.Sn.H2/c1-16(2)28-14-25-21(18-7-9-19(24)10-8-18)22(28)23-26-20(17(3)29)13-27(23)15-30-11-12-31(4,5)6;1-9(2)15-7-12(14-8-15)10-3-5-11(13)6-4-10;1-9(15)10-7-14(11(12)13-10)8-16-5-6-17(2,3)4;3*1-3-4-2;;;;/h7-10,13-14,16H,11-12,15H2,1-6H3;3-6,8-9H,1-2H3;7H,5-6,8H2,1-4H3;3*1,3-4H2,2H3;2*1H4;;1H/i;;;;;;;;;1+1. The number of rotatable bonds is 27. The molecule has 0 aliphatic heterocycles. The molecule has 0 saturated heterocycles. The van der Waals surface area contributed by atoms with E-state index in [9.17, 15) is 18.4 Å². The van der Waals surface area contributed by atoms with Gasteiger partial charge in [-0.15, -0.1) is 0 Å². The molecule has 0 amide bonds. The number of hydrogen-bond donors (Lipinski definition) is 0. The van der Waals surface area contributed by atoms with E-state index in [1.54, 1.807) is 51.3 Å². The van der Waals surface area contributed by atoms with Gasteiger partial charge in [-0.3, -0.25) is 9.59 Å². The summed E-state index contributed by atoms with van der Waals surface area (Å²) in [7, 11) is -2.24. The maximum absolute atomic E-state index is 13.6. The molecular formula is C60H99BrF2N8O4Si2Sn. The molecule has 2 aromatic carbocycles. The molecule has 0 N–H and O–H groups in total. The third kappa shape index (κ3) is 21.2. The summed E-state index contributed by atoms with van der Waals surface area (Å²) in [4.78, 5) is 41.5. The van der Waals surface area contributed by atoms with Crippen molar-refractivity contribution in [1.29, 1.82) is 0 Å². The van der Waals surface area contributed by atoms with E-state index < -0.39 is 34.5 Å². The first kappa shape index (κ1) is 70.2. The fraction of sp³-hybridized carbons (Fsp3) is 0.567. The summed E-state index contributed by atoms with van der Waals surface area (Å²) in [5, 5.41) is 0. The second-order valence-electron chi connectivity index (χ2n) is 23.1. The van der Waals surface area contributed by atoms with E-state index in [-0.39, 0.29) is 45.5 Å². The molecule has 4 heterocycles. The first-order chi connectivity index (χ1) is 35.8. The summed E-state index contributed by atoms with van der Waals surface area (Å²) in [6.45, 7) is 34.7. The number of carbonyl (C=O) groups is 2. The topological polar surface area (TPSA) is 124 Å². The van der Waals surface area contributed by atoms with Crippen LogP contribution in [0.2, 0.25) is 64.7 Å². The molecule has 4 aromatic heterocycles. The number of aromatic nitrogens is 8. The third-order valence-electron chi connectivity index (χ3n) is 13.4. The van der Waals surface area contributed by atoms with Crippen LogP contribution in [-0.2, 0) is 22.9 Å². The Balaban J connectivity index is 0.000000604. The predicted molar refractivity (Wildman–Crippen MR) is 335 cm³/mol. The number of halogens is 3. The number of unbranched alkanes of at least 4 members (excludes halogenated alkanes) is 3. The maximum Gasteiger partial charge on any atom is 0 e. The van der Waals surface area contributed by atoms with Gasteiger partial charge in [0.2, 0.25) is 0 Å². The van der Waals surface area contributed by atoms with Gasteiger partial charge in [0.05, 0.1) is 12.0 Å². The Bertz CT molecular complexity index is 2710. The average Bonchev–Trinajstić information content (AvgIpc) is 4.18. The van der Waals surface area contributed by atoms with Crippen LogP contribution in [0.1, 0.15) is 150 Å². The third-order valence-corrected chi connectivity index (χ3v) is 32.9. The van der Waals surface area contributed by atoms with Crippen LogP contribution < -0.4 is 3.71 Å². The van der Waals surface area contributed by atoms with Gasteiger partial charge in [0, 0.05) is 68.6 Å². The molecule has 0 spiro atoms. The number of ether oxygens (including phenoxy) is 2. The fourth-order valence-electron chi connectivity index (χ4n) is 8.77. The van der Waals surface area contributed by atoms with E-state index in [0.717, 1.165) is 41.2 Å². The zero-order chi connectivity index (χ0) is 56.4. The van der Waals surface area contributed by atoms with Gasteiger partial charge in [-0.05, 0) is 66.1 Å². The van der Waals surface area contributed by atoms with Crippen LogP contribution >= 0.6 is 15.9 Å². The van der Waals surface area contributed by atoms with Gasteiger partial charge in [0.1, 0.15) is 36.4 Å². The minimum atomic E-state index is -2.68. The van der Waals surface area contributed by atoms with Crippen molar-refractivity contribution in [3.05, 3.63) is 101 Å². The number of imidazole rings is 4. The van der Waals surface area contributed by atoms with Crippen molar-refractivity contribution in [2.24, 2.45) is 0 Å². The molecule has 78 heavy (non-hydrogen) atoms. The predicted octanol–water partition coefficient (Wildman–Crippen LogP) is 17.7. The molecule has 18 heteroatoms. The van der Waals surface area contributed by atoms with E-state index in [4.69, 9.17) is 14.5 Å². The van der Waals surface area contributed by atoms with Crippen molar-refractivity contribution in [2.75, 3.05) is 13.2 Å². The van der Waals surface area contributed by atoms with Gasteiger partial charge < -0.3 is 23.2 Å². The van der Waals surface area contributed by atoms with Crippen LogP contribution in [0.25, 0.3) is 34.0 Å². The van der Waals surface area contributed by atoms with Gasteiger partial charge in [-0.1, -0.05) is 54.1 Å². The summed E-state index contributed by atoms with van der Waals surface area (Å²) in [5.74, 6) is -0.00704. The summed E-state index contributed by atoms with van der Waals surface area (Å²) in [5.41, 5.74) is 5.33. The minimum absolute atomic E-state index is 0. The molecule has 6 aromatic rings. The molecule has 0 unspecified atom stereocenters. The van der Waals surface area contributed by atoms with E-state index in [1.165, 1.54) is 77.8 Å². The maximum atomic E-state index is 13.6. The van der Waals surface area contributed by atoms with Crippen molar-refractivity contribution >= 4 is 65.7 Å². The zero-order valence-electron chi connectivity index (χ0n) is 48.5. The van der Waals surface area contributed by atoms with E-state index in [0.29, 0.717) is 53.8 Å². The monoisotopic (exact) mass is 1290 g/mol. The Kier molecular flexibility index (Phi) is 29.8. The molecule has 0 bridgehead atoms. The molecule has 6 rings (SSSR count). The van der Waals surface area contributed by atoms with Crippen LogP contribution in [0.15, 0.2) is 78.3 Å². The van der Waals surface area contributed by atoms with Crippen molar-refractivity contribution < 1.29 is 29.3 Å². The molecular weight excluding hydrogens is 1190 g/mol. The van der Waals surface area contributed by atoms with Gasteiger partial charge >= 0.3 is 176 Å². The summed E-state index contributed by atoms with van der Waals surface area (Å²) in [6.07, 6.45) is 15.0. The molecule has 0 atom stereocenters. The van der Waals surface area contributed by atoms with Crippen molar-refractivity contribution in [3.63, 3.8) is 0 Å². The summed E-state index contributed by atoms with van der Waals surface area (Å²) < 4.78 is 53.2. The van der Waals surface area contributed by atoms with Gasteiger partial charge in [-0.2, -0.15) is 0 Å². The van der Waals surface area contributed by atoms with Gasteiger partial charge in [0.25, 0.3) is 0 Å². The summed E-state index contributed by atoms with van der Waals surface area (Å²) >= 11 is 0.624. The van der Waals surface area contributed by atoms with Crippen LogP contribution in [0.5, 0.6) is 0 Å².